The summed E-state index contributed by atoms with van der Waals surface area (Å²) in [5, 5.41) is 8.93. The minimum atomic E-state index is -0.804. The molecule has 0 aromatic heterocycles. The van der Waals surface area contributed by atoms with Crippen LogP contribution in [0.2, 0.25) is 0 Å². The Hall–Kier alpha value is -1.71. The lowest BCUT2D eigenvalue weighted by atomic mass is 9.97. The average Bonchev–Trinajstić information content (AvgIpc) is 2.35. The minimum Gasteiger partial charge on any atom is -0.493 e. The van der Waals surface area contributed by atoms with Gasteiger partial charge in [0, 0.05) is 6.07 Å². The van der Waals surface area contributed by atoms with Crippen molar-refractivity contribution in [3.8, 4) is 11.5 Å². The molecule has 4 nitrogen and oxygen atoms in total. The number of carbonyl (C=O) groups is 1. The third kappa shape index (κ3) is 2.70. The maximum atomic E-state index is 10.9. The van der Waals surface area contributed by atoms with Crippen LogP contribution in [0, 0.1) is 5.92 Å². The van der Waals surface area contributed by atoms with Crippen molar-refractivity contribution in [3.05, 3.63) is 23.8 Å². The molecule has 2 rings (SSSR count). The predicted octanol–water partition coefficient (Wildman–Crippen LogP) is 2.11. The second-order valence-corrected chi connectivity index (χ2v) is 4.17. The van der Waals surface area contributed by atoms with Gasteiger partial charge >= 0.3 is 5.97 Å². The highest BCUT2D eigenvalue weighted by molar-refractivity contribution is 5.71. The molecular formula is C13H16O4. The van der Waals surface area contributed by atoms with Crippen LogP contribution in [-0.2, 0) is 11.2 Å². The first kappa shape index (κ1) is 11.8. The molecule has 0 amide bonds. The Labute approximate surface area is 100 Å². The van der Waals surface area contributed by atoms with Gasteiger partial charge in [-0.1, -0.05) is 13.0 Å². The summed E-state index contributed by atoms with van der Waals surface area (Å²) >= 11 is 0. The van der Waals surface area contributed by atoms with Crippen LogP contribution in [-0.4, -0.2) is 24.3 Å². The lowest BCUT2D eigenvalue weighted by Crippen LogP contribution is -2.27. The lowest BCUT2D eigenvalue weighted by Gasteiger charge is -2.22. The Morgan fingerprint density at radius 1 is 1.59 bits per heavy atom. The van der Waals surface area contributed by atoms with Gasteiger partial charge in [0.25, 0.3) is 0 Å². The highest BCUT2D eigenvalue weighted by Gasteiger charge is 2.25. The number of hydrogen-bond donors (Lipinski definition) is 1. The van der Waals surface area contributed by atoms with E-state index >= 15 is 0 Å². The summed E-state index contributed by atoms with van der Waals surface area (Å²) in [6.07, 6.45) is 1.48. The van der Waals surface area contributed by atoms with Crippen LogP contribution in [0.1, 0.15) is 18.9 Å². The molecule has 1 aromatic rings. The van der Waals surface area contributed by atoms with Crippen molar-refractivity contribution >= 4 is 5.97 Å². The molecule has 0 saturated heterocycles. The van der Waals surface area contributed by atoms with E-state index < -0.39 is 11.9 Å². The molecule has 0 aliphatic carbocycles. The van der Waals surface area contributed by atoms with E-state index in [-0.39, 0.29) is 6.61 Å². The highest BCUT2D eigenvalue weighted by atomic mass is 16.5. The van der Waals surface area contributed by atoms with E-state index in [9.17, 15) is 4.79 Å². The third-order valence-corrected chi connectivity index (χ3v) is 2.77. The van der Waals surface area contributed by atoms with Gasteiger partial charge in [-0.3, -0.25) is 4.79 Å². The summed E-state index contributed by atoms with van der Waals surface area (Å²) in [7, 11) is 0. The molecule has 1 heterocycles. The molecule has 1 atom stereocenters. The van der Waals surface area contributed by atoms with E-state index in [0.29, 0.717) is 13.0 Å². The third-order valence-electron chi connectivity index (χ3n) is 2.77. The summed E-state index contributed by atoms with van der Waals surface area (Å²) in [4.78, 5) is 10.9. The van der Waals surface area contributed by atoms with Gasteiger partial charge in [0.1, 0.15) is 18.1 Å². The Kier molecular flexibility index (Phi) is 3.52. The maximum absolute atomic E-state index is 10.9. The van der Waals surface area contributed by atoms with Crippen molar-refractivity contribution in [2.75, 3.05) is 13.2 Å². The zero-order valence-electron chi connectivity index (χ0n) is 9.81. The minimum absolute atomic E-state index is 0.236. The summed E-state index contributed by atoms with van der Waals surface area (Å²) in [5.41, 5.74) is 0.937. The van der Waals surface area contributed by atoms with Gasteiger partial charge in [-0.2, -0.15) is 0 Å². The smallest absolute Gasteiger partial charge is 0.310 e. The first-order valence-electron chi connectivity index (χ1n) is 5.82. The number of aliphatic carboxylic acids is 1. The molecule has 1 aliphatic rings. The van der Waals surface area contributed by atoms with Crippen LogP contribution in [0.5, 0.6) is 11.5 Å². The molecular weight excluding hydrogens is 220 g/mol. The quantitative estimate of drug-likeness (QED) is 0.869. The highest BCUT2D eigenvalue weighted by Crippen LogP contribution is 2.31. The van der Waals surface area contributed by atoms with Gasteiger partial charge in [-0.05, 0) is 24.5 Å². The zero-order chi connectivity index (χ0) is 12.3. The number of ether oxygens (including phenoxy) is 2. The summed E-state index contributed by atoms with van der Waals surface area (Å²) in [6, 6.07) is 5.58. The van der Waals surface area contributed by atoms with Gasteiger partial charge in [0.15, 0.2) is 0 Å². The van der Waals surface area contributed by atoms with E-state index in [1.165, 1.54) is 0 Å². The van der Waals surface area contributed by atoms with E-state index in [1.807, 2.05) is 25.1 Å². The van der Waals surface area contributed by atoms with Gasteiger partial charge in [-0.15, -0.1) is 0 Å². The fraction of sp³-hybridized carbons (Fsp3) is 0.462. The van der Waals surface area contributed by atoms with Crippen molar-refractivity contribution in [1.29, 1.82) is 0 Å². The number of hydrogen-bond acceptors (Lipinski definition) is 3. The van der Waals surface area contributed by atoms with Crippen molar-refractivity contribution in [2.45, 2.75) is 19.8 Å². The van der Waals surface area contributed by atoms with E-state index in [1.54, 1.807) is 0 Å². The topological polar surface area (TPSA) is 55.8 Å². The maximum Gasteiger partial charge on any atom is 0.310 e. The van der Waals surface area contributed by atoms with Crippen molar-refractivity contribution < 1.29 is 19.4 Å². The molecule has 0 spiro atoms. The number of fused-ring (bicyclic) bond motifs is 1. The summed E-state index contributed by atoms with van der Waals surface area (Å²) in [6.45, 7) is 2.96. The molecule has 0 fully saturated rings. The molecule has 0 bridgehead atoms. The molecule has 1 N–H and O–H groups in total. The standard InChI is InChI=1S/C13H16O4/c1-2-5-16-11-4-3-9-6-10(13(14)15)8-17-12(9)7-11/h3-4,7,10H,2,5-6,8H2,1H3,(H,14,15)/t10-/m1/s1. The van der Waals surface area contributed by atoms with E-state index in [2.05, 4.69) is 0 Å². The number of carboxylic acids is 1. The van der Waals surface area contributed by atoms with Gasteiger partial charge in [0.2, 0.25) is 0 Å². The largest absolute Gasteiger partial charge is 0.493 e. The molecule has 0 radical (unpaired) electrons. The van der Waals surface area contributed by atoms with E-state index in [0.717, 1.165) is 23.5 Å². The summed E-state index contributed by atoms with van der Waals surface area (Å²) in [5.74, 6) is 0.280. The molecule has 17 heavy (non-hydrogen) atoms. The van der Waals surface area contributed by atoms with Crippen molar-refractivity contribution in [1.82, 2.24) is 0 Å². The monoisotopic (exact) mass is 236 g/mol. The van der Waals surface area contributed by atoms with Gasteiger partial charge in [0.05, 0.1) is 12.5 Å². The van der Waals surface area contributed by atoms with Crippen LogP contribution < -0.4 is 9.47 Å². The van der Waals surface area contributed by atoms with Crippen LogP contribution in [0.25, 0.3) is 0 Å². The van der Waals surface area contributed by atoms with Crippen LogP contribution in [0.4, 0.5) is 0 Å². The van der Waals surface area contributed by atoms with Crippen LogP contribution in [0.15, 0.2) is 18.2 Å². The van der Waals surface area contributed by atoms with Crippen LogP contribution >= 0.6 is 0 Å². The van der Waals surface area contributed by atoms with Gasteiger partial charge in [-0.25, -0.2) is 0 Å². The Bertz CT molecular complexity index is 414. The molecule has 0 saturated carbocycles. The molecule has 1 aromatic carbocycles. The van der Waals surface area contributed by atoms with E-state index in [4.69, 9.17) is 14.6 Å². The van der Waals surface area contributed by atoms with Crippen molar-refractivity contribution in [3.63, 3.8) is 0 Å². The number of benzene rings is 1. The Morgan fingerprint density at radius 2 is 2.41 bits per heavy atom. The van der Waals surface area contributed by atoms with Crippen LogP contribution in [0.3, 0.4) is 0 Å². The number of carboxylic acid groups (broad SMARTS) is 1. The number of rotatable bonds is 4. The molecule has 92 valence electrons. The SMILES string of the molecule is CCCOc1ccc2c(c1)OC[C@H](C(=O)O)C2. The second-order valence-electron chi connectivity index (χ2n) is 4.17. The lowest BCUT2D eigenvalue weighted by molar-refractivity contribution is -0.143. The second kappa shape index (κ2) is 5.08. The van der Waals surface area contributed by atoms with Crippen molar-refractivity contribution in [2.24, 2.45) is 5.92 Å². The fourth-order valence-corrected chi connectivity index (χ4v) is 1.82. The average molecular weight is 236 g/mol. The fourth-order valence-electron chi connectivity index (χ4n) is 1.82. The molecule has 4 heteroatoms. The molecule has 1 aliphatic heterocycles. The Balaban J connectivity index is 2.11. The summed E-state index contributed by atoms with van der Waals surface area (Å²) < 4.78 is 11.0. The first-order chi connectivity index (χ1) is 8.20. The van der Waals surface area contributed by atoms with Gasteiger partial charge < -0.3 is 14.6 Å². The molecule has 0 unspecified atom stereocenters. The normalized spacial score (nSPS) is 18.1. The zero-order valence-corrected chi connectivity index (χ0v) is 9.81. The predicted molar refractivity (Wildman–Crippen MR) is 62.6 cm³/mol. The Morgan fingerprint density at radius 3 is 3.12 bits per heavy atom. The first-order valence-corrected chi connectivity index (χ1v) is 5.82.